The van der Waals surface area contributed by atoms with Crippen LogP contribution in [-0.2, 0) is 19.1 Å². The van der Waals surface area contributed by atoms with Crippen molar-refractivity contribution in [2.75, 3.05) is 13.2 Å². The normalized spacial score (nSPS) is 11.6. The Morgan fingerprint density at radius 2 is 0.962 bits per heavy atom. The lowest BCUT2D eigenvalue weighted by Crippen LogP contribution is -2.46. The monoisotopic (exact) mass is 388 g/mol. The molecule has 0 amide bonds. The molecule has 0 spiro atoms. The Bertz CT molecular complexity index is 594. The van der Waals surface area contributed by atoms with Crippen LogP contribution >= 0.6 is 0 Å². The predicted molar refractivity (Wildman–Crippen MR) is 66.7 cm³/mol. The minimum atomic E-state index is -4.35. The molecule has 0 rings (SSSR count). The maximum atomic E-state index is 13.2. The van der Waals surface area contributed by atoms with Crippen molar-refractivity contribution in [1.82, 2.24) is 0 Å². The molecule has 0 atom stereocenters. The number of carbonyl (C=O) groups is 2. The Morgan fingerprint density at radius 3 is 1.15 bits per heavy atom. The molecule has 0 saturated heterocycles. The second-order valence-corrected chi connectivity index (χ2v) is 4.01. The van der Waals surface area contributed by atoms with Crippen LogP contribution in [0.4, 0.5) is 8.78 Å². The number of carbonyl (C=O) groups excluding carboxylic acids is 2. The summed E-state index contributed by atoms with van der Waals surface area (Å²) in [6.45, 7) is -3.94. The van der Waals surface area contributed by atoms with Gasteiger partial charge in [-0.25, -0.2) is 9.59 Å². The van der Waals surface area contributed by atoms with Crippen molar-refractivity contribution < 1.29 is 47.5 Å². The van der Waals surface area contributed by atoms with Gasteiger partial charge in [0.1, 0.15) is 19.7 Å². The molecule has 0 aliphatic carbocycles. The van der Waals surface area contributed by atoms with Crippen LogP contribution < -0.4 is 0 Å². The van der Waals surface area contributed by atoms with Crippen LogP contribution in [0.2, 0.25) is 0 Å². The summed E-state index contributed by atoms with van der Waals surface area (Å²) >= 11 is 0. The summed E-state index contributed by atoms with van der Waals surface area (Å²) < 4.78 is 34.1. The molecule has 0 aromatic heterocycles. The average Bonchev–Trinajstić information content (AvgIpc) is 2.54. The molecule has 16 nitrogen and oxygen atoms in total. The smallest absolute Gasteiger partial charge is 0.443 e. The molecule has 0 bridgehead atoms. The quantitative estimate of drug-likeness (QED) is 0.109. The molecule has 0 fully saturated rings. The van der Waals surface area contributed by atoms with Gasteiger partial charge in [0.25, 0.3) is 13.2 Å². The van der Waals surface area contributed by atoms with E-state index in [2.05, 4.69) is 9.47 Å². The third-order valence-electron chi connectivity index (χ3n) is 2.27. The van der Waals surface area contributed by atoms with Gasteiger partial charge in [-0.3, -0.25) is 40.5 Å². The lowest BCUT2D eigenvalue weighted by atomic mass is 10.4. The fraction of sp³-hybridized carbons (Fsp3) is 0.500. The third-order valence-corrected chi connectivity index (χ3v) is 2.27. The van der Waals surface area contributed by atoms with E-state index in [-0.39, 0.29) is 12.2 Å². The topological polar surface area (TPSA) is 225 Å². The first-order chi connectivity index (χ1) is 11.8. The number of ether oxygens (including phenoxy) is 2. The van der Waals surface area contributed by atoms with E-state index in [1.807, 2.05) is 0 Å². The minimum Gasteiger partial charge on any atom is -0.443 e. The molecule has 0 saturated carbocycles. The van der Waals surface area contributed by atoms with Crippen LogP contribution in [0.5, 0.6) is 0 Å². The van der Waals surface area contributed by atoms with E-state index in [9.17, 15) is 58.8 Å². The summed E-state index contributed by atoms with van der Waals surface area (Å²) in [4.78, 5) is 54.9. The number of esters is 2. The average molecular weight is 388 g/mol. The lowest BCUT2D eigenvalue weighted by molar-refractivity contribution is -0.832. The van der Waals surface area contributed by atoms with E-state index >= 15 is 0 Å². The van der Waals surface area contributed by atoms with E-state index in [0.717, 1.165) is 0 Å². The highest BCUT2D eigenvalue weighted by Gasteiger charge is 2.60. The van der Waals surface area contributed by atoms with Crippen molar-refractivity contribution in [3.8, 4) is 0 Å². The number of nitro groups is 4. The van der Waals surface area contributed by atoms with Gasteiger partial charge in [-0.1, -0.05) is 8.78 Å². The summed E-state index contributed by atoms with van der Waals surface area (Å²) in [5.41, 5.74) is 0. The van der Waals surface area contributed by atoms with E-state index in [0.29, 0.717) is 0 Å². The maximum Gasteiger partial charge on any atom is 0.648 e. The summed E-state index contributed by atoms with van der Waals surface area (Å²) in [5.74, 6) is -12.1. The lowest BCUT2D eigenvalue weighted by Gasteiger charge is -2.08. The van der Waals surface area contributed by atoms with Crippen LogP contribution in [-0.4, -0.2) is 56.7 Å². The zero-order chi connectivity index (χ0) is 20.7. The van der Waals surface area contributed by atoms with Gasteiger partial charge in [0.05, 0.1) is 0 Å². The fourth-order valence-corrected chi connectivity index (χ4v) is 0.902. The number of hydrogen-bond donors (Lipinski definition) is 0. The summed E-state index contributed by atoms with van der Waals surface area (Å²) in [5, 5.41) is 40.8. The SMILES string of the molecule is O=C(/C=C/C(=O)OCC(F)([N+](=O)[O-])[N+](=O)[O-])OCC(F)([N+](=O)[O-])[N+](=O)[O-]. The Hall–Kier alpha value is -3.86. The number of alkyl halides is 2. The van der Waals surface area contributed by atoms with Crippen molar-refractivity contribution in [2.24, 2.45) is 0 Å². The van der Waals surface area contributed by atoms with Crippen molar-refractivity contribution in [3.63, 3.8) is 0 Å². The highest BCUT2D eigenvalue weighted by Crippen LogP contribution is 2.14. The third kappa shape index (κ3) is 5.35. The van der Waals surface area contributed by atoms with Crippen molar-refractivity contribution in [1.29, 1.82) is 0 Å². The molecule has 0 aliphatic rings. The minimum absolute atomic E-state index is 0.0842. The van der Waals surface area contributed by atoms with Crippen molar-refractivity contribution in [3.05, 3.63) is 52.6 Å². The van der Waals surface area contributed by atoms with Gasteiger partial charge in [0.15, 0.2) is 0 Å². The van der Waals surface area contributed by atoms with Gasteiger partial charge in [-0.2, -0.15) is 0 Å². The number of hydrogen-bond acceptors (Lipinski definition) is 12. The van der Waals surface area contributed by atoms with E-state index in [1.54, 1.807) is 0 Å². The Labute approximate surface area is 138 Å². The van der Waals surface area contributed by atoms with E-state index < -0.39 is 56.7 Å². The van der Waals surface area contributed by atoms with Crippen molar-refractivity contribution in [2.45, 2.75) is 11.8 Å². The van der Waals surface area contributed by atoms with E-state index in [1.165, 1.54) is 0 Å². The molecule has 26 heavy (non-hydrogen) atoms. The Morgan fingerprint density at radius 1 is 0.731 bits per heavy atom. The largest absolute Gasteiger partial charge is 0.648 e. The van der Waals surface area contributed by atoms with Crippen LogP contribution in [0.1, 0.15) is 0 Å². The first kappa shape index (κ1) is 22.1. The van der Waals surface area contributed by atoms with Crippen LogP contribution in [0.15, 0.2) is 12.2 Å². The fourth-order valence-electron chi connectivity index (χ4n) is 0.902. The van der Waals surface area contributed by atoms with E-state index in [4.69, 9.17) is 0 Å². The molecule has 144 valence electrons. The molecule has 18 heteroatoms. The Balaban J connectivity index is 4.73. The standard InChI is InChI=1S/C8H6F2N4O12/c9-7(11(17)18,12(19)20)3-25-5(15)1-2-6(16)26-4-8(10,13(21)22)14(23)24/h1-2H,3-4H2/b2-1+. The molecule has 0 unspecified atom stereocenters. The number of rotatable bonds is 10. The molecular weight excluding hydrogens is 382 g/mol. The van der Waals surface area contributed by atoms with Crippen molar-refractivity contribution >= 4 is 11.9 Å². The zero-order valence-corrected chi connectivity index (χ0v) is 12.0. The highest BCUT2D eigenvalue weighted by molar-refractivity contribution is 5.91. The van der Waals surface area contributed by atoms with Gasteiger partial charge in [0.2, 0.25) is 0 Å². The highest BCUT2D eigenvalue weighted by atomic mass is 19.2. The second kappa shape index (κ2) is 8.30. The first-order valence-corrected chi connectivity index (χ1v) is 5.74. The first-order valence-electron chi connectivity index (χ1n) is 5.74. The van der Waals surface area contributed by atoms with Crippen LogP contribution in [0.3, 0.4) is 0 Å². The van der Waals surface area contributed by atoms with Gasteiger partial charge >= 0.3 is 23.8 Å². The molecule has 0 heterocycles. The van der Waals surface area contributed by atoms with Crippen LogP contribution in [0, 0.1) is 40.5 Å². The number of halogens is 2. The summed E-state index contributed by atoms with van der Waals surface area (Å²) in [6, 6.07) is 0. The van der Waals surface area contributed by atoms with Crippen LogP contribution in [0.25, 0.3) is 0 Å². The van der Waals surface area contributed by atoms with Gasteiger partial charge in [-0.05, 0) is 0 Å². The molecule has 0 N–H and O–H groups in total. The van der Waals surface area contributed by atoms with Gasteiger partial charge < -0.3 is 9.47 Å². The second-order valence-electron chi connectivity index (χ2n) is 4.01. The molecular formula is C8H6F2N4O12. The summed E-state index contributed by atoms with van der Waals surface area (Å²) in [6.07, 6.45) is 0.168. The molecule has 0 aromatic carbocycles. The number of nitrogens with zero attached hydrogens (tertiary/aromatic N) is 4. The summed E-state index contributed by atoms with van der Waals surface area (Å²) in [7, 11) is 0. The predicted octanol–water partition coefficient (Wildman–Crippen LogP) is -1.02. The van der Waals surface area contributed by atoms with Gasteiger partial charge in [-0.15, -0.1) is 0 Å². The van der Waals surface area contributed by atoms with Gasteiger partial charge in [0, 0.05) is 12.2 Å². The molecule has 0 aromatic rings. The zero-order valence-electron chi connectivity index (χ0n) is 12.0. The Kier molecular flexibility index (Phi) is 7.07. The molecule has 0 aliphatic heterocycles. The molecule has 0 radical (unpaired) electrons. The maximum absolute atomic E-state index is 13.2.